The van der Waals surface area contributed by atoms with Crippen LogP contribution in [0.25, 0.3) is 0 Å². The number of urea groups is 1. The predicted octanol–water partition coefficient (Wildman–Crippen LogP) is 6.04. The van der Waals surface area contributed by atoms with E-state index in [1.165, 1.54) is 29.2 Å². The van der Waals surface area contributed by atoms with E-state index in [1.807, 2.05) is 19.9 Å². The van der Waals surface area contributed by atoms with Crippen LogP contribution in [-0.2, 0) is 4.74 Å². The molecule has 3 aromatic rings. The Morgan fingerprint density at radius 2 is 1.72 bits per heavy atom. The molecule has 4 rings (SSSR count). The summed E-state index contributed by atoms with van der Waals surface area (Å²) in [5, 5.41) is 15.8. The van der Waals surface area contributed by atoms with Crippen molar-refractivity contribution in [2.75, 3.05) is 44.0 Å². The van der Waals surface area contributed by atoms with E-state index in [0.29, 0.717) is 29.3 Å². The van der Waals surface area contributed by atoms with E-state index in [1.54, 1.807) is 61.3 Å². The van der Waals surface area contributed by atoms with Gasteiger partial charge in [0.25, 0.3) is 11.8 Å². The molecular weight excluding hydrogens is 603 g/mol. The summed E-state index contributed by atoms with van der Waals surface area (Å²) in [5.41, 5.74) is 1.64. The van der Waals surface area contributed by atoms with Gasteiger partial charge in [-0.25, -0.2) is 9.18 Å². The maximum atomic E-state index is 14.3. The Morgan fingerprint density at radius 1 is 1.02 bits per heavy atom. The molecule has 3 aromatic carbocycles. The van der Waals surface area contributed by atoms with Crippen LogP contribution in [0, 0.1) is 11.7 Å². The smallest absolute Gasteiger partial charge is 0.321 e. The summed E-state index contributed by atoms with van der Waals surface area (Å²) in [6, 6.07) is 18.4. The van der Waals surface area contributed by atoms with Crippen molar-refractivity contribution in [1.82, 2.24) is 9.80 Å². The Labute approximate surface area is 275 Å². The van der Waals surface area contributed by atoms with Crippen LogP contribution in [0.3, 0.4) is 0 Å². The van der Waals surface area contributed by atoms with Crippen LogP contribution in [0.2, 0.25) is 0 Å². The number of anilines is 2. The van der Waals surface area contributed by atoms with Gasteiger partial charge in [-0.05, 0) is 87.7 Å². The maximum absolute atomic E-state index is 14.3. The minimum absolute atomic E-state index is 0.200. The number of carbonyl (C=O) groups is 3. The summed E-state index contributed by atoms with van der Waals surface area (Å²) in [5.74, 6) is -0.929. The SMILES string of the molecule is C[C@@H]1CCCCO[C@@H](CN(C)C(=O)Nc2ccc(F)cc2)[C@H](C)CN([C@@H](C)CO)C(=O)c2cc(NC(=O)c3ccccc3)ccc2O1. The Bertz CT molecular complexity index is 1490. The van der Waals surface area contributed by atoms with Crippen molar-refractivity contribution in [3.63, 3.8) is 0 Å². The average Bonchev–Trinajstić information content (AvgIpc) is 3.07. The fraction of sp³-hybridized carbons (Fsp3) is 0.417. The van der Waals surface area contributed by atoms with Gasteiger partial charge in [0.05, 0.1) is 30.4 Å². The number of hydrogen-bond donors (Lipinski definition) is 3. The second-order valence-electron chi connectivity index (χ2n) is 12.1. The van der Waals surface area contributed by atoms with Gasteiger partial charge in [-0.3, -0.25) is 9.59 Å². The molecule has 1 heterocycles. The first-order chi connectivity index (χ1) is 22.5. The van der Waals surface area contributed by atoms with E-state index in [-0.39, 0.29) is 55.1 Å². The van der Waals surface area contributed by atoms with Gasteiger partial charge < -0.3 is 35.0 Å². The minimum Gasteiger partial charge on any atom is -0.490 e. The zero-order valence-electron chi connectivity index (χ0n) is 27.4. The number of hydrogen-bond acceptors (Lipinski definition) is 6. The normalized spacial score (nSPS) is 19.8. The molecule has 3 N–H and O–H groups in total. The molecule has 47 heavy (non-hydrogen) atoms. The minimum atomic E-state index is -0.550. The molecule has 252 valence electrons. The van der Waals surface area contributed by atoms with E-state index < -0.39 is 18.0 Å². The number of aliphatic hydroxyl groups excluding tert-OH is 1. The predicted molar refractivity (Wildman–Crippen MR) is 179 cm³/mol. The van der Waals surface area contributed by atoms with Crippen LogP contribution in [0.1, 0.15) is 60.7 Å². The van der Waals surface area contributed by atoms with E-state index >= 15 is 0 Å². The molecule has 4 amide bonds. The second-order valence-corrected chi connectivity index (χ2v) is 12.1. The van der Waals surface area contributed by atoms with Crippen LogP contribution in [0.15, 0.2) is 72.8 Å². The molecule has 0 aliphatic carbocycles. The Hall–Kier alpha value is -4.48. The molecule has 0 fully saturated rings. The number of aliphatic hydroxyl groups is 1. The molecule has 1 aliphatic heterocycles. The molecule has 1 aliphatic rings. The first-order valence-electron chi connectivity index (χ1n) is 16.0. The van der Waals surface area contributed by atoms with Crippen molar-refractivity contribution in [3.05, 3.63) is 89.7 Å². The third-order valence-electron chi connectivity index (χ3n) is 8.24. The van der Waals surface area contributed by atoms with E-state index in [2.05, 4.69) is 10.6 Å². The van der Waals surface area contributed by atoms with Crippen molar-refractivity contribution < 1.29 is 33.4 Å². The van der Waals surface area contributed by atoms with Crippen LogP contribution < -0.4 is 15.4 Å². The van der Waals surface area contributed by atoms with Gasteiger partial charge in [-0.2, -0.15) is 0 Å². The van der Waals surface area contributed by atoms with Gasteiger partial charge in [0.1, 0.15) is 11.6 Å². The molecule has 0 bridgehead atoms. The highest BCUT2D eigenvalue weighted by molar-refractivity contribution is 6.05. The van der Waals surface area contributed by atoms with Gasteiger partial charge >= 0.3 is 6.03 Å². The Balaban J connectivity index is 1.59. The third kappa shape index (κ3) is 10.0. The highest BCUT2D eigenvalue weighted by Crippen LogP contribution is 2.29. The van der Waals surface area contributed by atoms with Crippen molar-refractivity contribution in [2.45, 2.75) is 58.3 Å². The fourth-order valence-corrected chi connectivity index (χ4v) is 5.36. The van der Waals surface area contributed by atoms with Crippen LogP contribution in [-0.4, -0.2) is 84.4 Å². The quantitative estimate of drug-likeness (QED) is 0.288. The number of halogens is 1. The zero-order chi connectivity index (χ0) is 33.9. The lowest BCUT2D eigenvalue weighted by Crippen LogP contribution is -2.48. The number of carbonyl (C=O) groups excluding carboxylic acids is 3. The van der Waals surface area contributed by atoms with E-state index in [9.17, 15) is 23.9 Å². The second kappa shape index (κ2) is 16.9. The highest BCUT2D eigenvalue weighted by Gasteiger charge is 2.31. The maximum Gasteiger partial charge on any atom is 0.321 e. The van der Waals surface area contributed by atoms with Crippen LogP contribution in [0.5, 0.6) is 5.75 Å². The zero-order valence-corrected chi connectivity index (χ0v) is 27.4. The third-order valence-corrected chi connectivity index (χ3v) is 8.24. The molecule has 0 aromatic heterocycles. The number of nitrogens with one attached hydrogen (secondary N) is 2. The number of benzene rings is 3. The topological polar surface area (TPSA) is 120 Å². The molecular formula is C36H45FN4O6. The van der Waals surface area contributed by atoms with Gasteiger partial charge in [-0.1, -0.05) is 25.1 Å². The number of amides is 4. The number of ether oxygens (including phenoxy) is 2. The number of likely N-dealkylation sites (N-methyl/N-ethyl adjacent to an activating group) is 1. The molecule has 0 radical (unpaired) electrons. The summed E-state index contributed by atoms with van der Waals surface area (Å²) in [6.07, 6.45) is 1.68. The monoisotopic (exact) mass is 648 g/mol. The van der Waals surface area contributed by atoms with E-state index in [4.69, 9.17) is 9.47 Å². The summed E-state index contributed by atoms with van der Waals surface area (Å²) in [4.78, 5) is 43.3. The van der Waals surface area contributed by atoms with Gasteiger partial charge in [0.15, 0.2) is 0 Å². The molecule has 0 saturated carbocycles. The molecule has 10 nitrogen and oxygen atoms in total. The largest absolute Gasteiger partial charge is 0.490 e. The lowest BCUT2D eigenvalue weighted by Gasteiger charge is -2.35. The Morgan fingerprint density at radius 3 is 2.43 bits per heavy atom. The number of fused-ring (bicyclic) bond motifs is 1. The Kier molecular flexibility index (Phi) is 12.7. The highest BCUT2D eigenvalue weighted by atomic mass is 19.1. The van der Waals surface area contributed by atoms with Crippen LogP contribution in [0.4, 0.5) is 20.6 Å². The number of nitrogens with zero attached hydrogens (tertiary/aromatic N) is 2. The molecule has 0 spiro atoms. The first-order valence-corrected chi connectivity index (χ1v) is 16.0. The van der Waals surface area contributed by atoms with Gasteiger partial charge in [0, 0.05) is 49.6 Å². The average molecular weight is 649 g/mol. The number of rotatable bonds is 7. The van der Waals surface area contributed by atoms with Crippen molar-refractivity contribution in [1.29, 1.82) is 0 Å². The van der Waals surface area contributed by atoms with Gasteiger partial charge in [0.2, 0.25) is 0 Å². The standard InChI is InChI=1S/C36H45FN4O6/c1-24-21-41(25(2)23-42)35(44)31-20-30(38-34(43)27-11-6-5-7-12-27)17-18-32(31)47-26(3)10-8-9-19-46-33(24)22-40(4)36(45)39-29-15-13-28(37)14-16-29/h5-7,11-18,20,24-26,33,42H,8-10,19,21-23H2,1-4H3,(H,38,43)(H,39,45)/t24-,25+,26-,33+/m1/s1. The molecule has 0 unspecified atom stereocenters. The van der Waals surface area contributed by atoms with E-state index in [0.717, 1.165) is 19.3 Å². The fourth-order valence-electron chi connectivity index (χ4n) is 5.36. The lowest BCUT2D eigenvalue weighted by atomic mass is 10.0. The lowest BCUT2D eigenvalue weighted by molar-refractivity contribution is -0.0115. The molecule has 11 heteroatoms. The summed E-state index contributed by atoms with van der Waals surface area (Å²) in [7, 11) is 1.65. The summed E-state index contributed by atoms with van der Waals surface area (Å²) >= 11 is 0. The van der Waals surface area contributed by atoms with Crippen molar-refractivity contribution in [3.8, 4) is 5.75 Å². The van der Waals surface area contributed by atoms with Crippen molar-refractivity contribution in [2.24, 2.45) is 5.92 Å². The molecule has 4 atom stereocenters. The first kappa shape index (κ1) is 35.4. The molecule has 0 saturated heterocycles. The summed E-state index contributed by atoms with van der Waals surface area (Å²) in [6.45, 7) is 6.28. The van der Waals surface area contributed by atoms with Crippen LogP contribution >= 0.6 is 0 Å². The van der Waals surface area contributed by atoms with Gasteiger partial charge in [-0.15, -0.1) is 0 Å². The summed E-state index contributed by atoms with van der Waals surface area (Å²) < 4.78 is 25.9. The van der Waals surface area contributed by atoms with Crippen molar-refractivity contribution >= 4 is 29.2 Å².